The number of hydrogen-bond donors (Lipinski definition) is 2. The normalized spacial score (nSPS) is 10.4. The number of nitrogens with zero attached hydrogens (tertiary/aromatic N) is 3. The molecule has 26 heavy (non-hydrogen) atoms. The SMILES string of the molecule is CCN(CC)c1ccc(Nc2nccc(Nc3ccccc3Cl)n2)cc1. The number of nitrogens with one attached hydrogen (secondary N) is 2. The van der Waals surface area contributed by atoms with Gasteiger partial charge in [0.15, 0.2) is 0 Å². The van der Waals surface area contributed by atoms with Crippen LogP contribution in [0.4, 0.5) is 28.8 Å². The molecule has 0 fully saturated rings. The van der Waals surface area contributed by atoms with Gasteiger partial charge in [-0.3, -0.25) is 0 Å². The minimum absolute atomic E-state index is 0.526. The van der Waals surface area contributed by atoms with Crippen LogP contribution in [0, 0.1) is 0 Å². The van der Waals surface area contributed by atoms with Gasteiger partial charge >= 0.3 is 0 Å². The summed E-state index contributed by atoms with van der Waals surface area (Å²) < 4.78 is 0. The van der Waals surface area contributed by atoms with Crippen molar-refractivity contribution < 1.29 is 0 Å². The zero-order valence-corrected chi connectivity index (χ0v) is 15.7. The Hall–Kier alpha value is -2.79. The molecule has 5 nitrogen and oxygen atoms in total. The average Bonchev–Trinajstić information content (AvgIpc) is 2.66. The van der Waals surface area contributed by atoms with Crippen LogP contribution in [0.15, 0.2) is 60.8 Å². The van der Waals surface area contributed by atoms with Gasteiger partial charge in [-0.2, -0.15) is 4.98 Å². The molecule has 0 atom stereocenters. The van der Waals surface area contributed by atoms with Gasteiger partial charge in [0.2, 0.25) is 5.95 Å². The Bertz CT molecular complexity index is 847. The van der Waals surface area contributed by atoms with E-state index in [1.54, 1.807) is 12.3 Å². The maximum Gasteiger partial charge on any atom is 0.229 e. The summed E-state index contributed by atoms with van der Waals surface area (Å²) in [5, 5.41) is 7.09. The Morgan fingerprint density at radius 2 is 1.65 bits per heavy atom. The highest BCUT2D eigenvalue weighted by Gasteiger charge is 2.05. The molecule has 3 aromatic rings. The maximum absolute atomic E-state index is 6.18. The van der Waals surface area contributed by atoms with Crippen molar-refractivity contribution in [3.05, 3.63) is 65.8 Å². The number of para-hydroxylation sites is 1. The topological polar surface area (TPSA) is 53.1 Å². The summed E-state index contributed by atoms with van der Waals surface area (Å²) in [6, 6.07) is 17.6. The smallest absolute Gasteiger partial charge is 0.229 e. The summed E-state index contributed by atoms with van der Waals surface area (Å²) in [5.74, 6) is 1.20. The zero-order valence-electron chi connectivity index (χ0n) is 14.9. The minimum atomic E-state index is 0.526. The molecule has 1 aromatic heterocycles. The molecule has 0 aliphatic heterocycles. The van der Waals surface area contributed by atoms with Crippen molar-refractivity contribution in [1.29, 1.82) is 0 Å². The lowest BCUT2D eigenvalue weighted by Crippen LogP contribution is -2.21. The van der Waals surface area contributed by atoms with Gasteiger partial charge in [-0.05, 0) is 56.3 Å². The lowest BCUT2D eigenvalue weighted by atomic mass is 10.2. The molecule has 1 heterocycles. The monoisotopic (exact) mass is 367 g/mol. The molecule has 0 aliphatic rings. The molecule has 0 radical (unpaired) electrons. The highest BCUT2D eigenvalue weighted by Crippen LogP contribution is 2.25. The van der Waals surface area contributed by atoms with Crippen LogP contribution < -0.4 is 15.5 Å². The van der Waals surface area contributed by atoms with Gasteiger partial charge in [0, 0.05) is 30.7 Å². The Morgan fingerprint density at radius 3 is 2.35 bits per heavy atom. The van der Waals surface area contributed by atoms with Gasteiger partial charge in [-0.1, -0.05) is 23.7 Å². The Balaban J connectivity index is 1.72. The van der Waals surface area contributed by atoms with Gasteiger partial charge in [-0.25, -0.2) is 4.98 Å². The summed E-state index contributed by atoms with van der Waals surface area (Å²) in [4.78, 5) is 11.1. The first-order chi connectivity index (χ1) is 12.7. The molecule has 3 rings (SSSR count). The molecule has 0 saturated carbocycles. The van der Waals surface area contributed by atoms with Crippen molar-refractivity contribution in [3.63, 3.8) is 0 Å². The van der Waals surface area contributed by atoms with Crippen LogP contribution >= 0.6 is 11.6 Å². The van der Waals surface area contributed by atoms with Crippen LogP contribution in [-0.4, -0.2) is 23.1 Å². The fourth-order valence-electron chi connectivity index (χ4n) is 2.66. The number of hydrogen-bond acceptors (Lipinski definition) is 5. The second-order valence-corrected chi connectivity index (χ2v) is 6.12. The molecule has 0 saturated heterocycles. The van der Waals surface area contributed by atoms with E-state index in [1.807, 2.05) is 36.4 Å². The third-order valence-electron chi connectivity index (χ3n) is 4.04. The molecule has 0 unspecified atom stereocenters. The molecule has 2 aromatic carbocycles. The third-order valence-corrected chi connectivity index (χ3v) is 4.37. The van der Waals surface area contributed by atoms with Crippen LogP contribution in [0.25, 0.3) is 0 Å². The van der Waals surface area contributed by atoms with E-state index in [2.05, 4.69) is 51.5 Å². The van der Waals surface area contributed by atoms with Gasteiger partial charge in [0.25, 0.3) is 0 Å². The summed E-state index contributed by atoms with van der Waals surface area (Å²) in [6.45, 7) is 6.28. The Kier molecular flexibility index (Phi) is 5.92. The van der Waals surface area contributed by atoms with Crippen LogP contribution in [0.2, 0.25) is 5.02 Å². The molecule has 0 amide bonds. The summed E-state index contributed by atoms with van der Waals surface area (Å²) >= 11 is 6.18. The molecule has 0 aliphatic carbocycles. The van der Waals surface area contributed by atoms with Crippen LogP contribution in [0.3, 0.4) is 0 Å². The maximum atomic E-state index is 6.18. The number of rotatable bonds is 7. The highest BCUT2D eigenvalue weighted by atomic mass is 35.5. The van der Waals surface area contributed by atoms with E-state index >= 15 is 0 Å². The van der Waals surface area contributed by atoms with Crippen LogP contribution in [0.1, 0.15) is 13.8 Å². The average molecular weight is 368 g/mol. The first-order valence-corrected chi connectivity index (χ1v) is 9.04. The van der Waals surface area contributed by atoms with E-state index in [4.69, 9.17) is 11.6 Å². The largest absolute Gasteiger partial charge is 0.372 e. The second-order valence-electron chi connectivity index (χ2n) is 5.71. The van der Waals surface area contributed by atoms with Gasteiger partial charge in [0.05, 0.1) is 10.7 Å². The molecule has 0 bridgehead atoms. The first-order valence-electron chi connectivity index (χ1n) is 8.66. The molecule has 6 heteroatoms. The molecule has 0 spiro atoms. The molecule has 134 valence electrons. The second kappa shape index (κ2) is 8.54. The molecule has 2 N–H and O–H groups in total. The van der Waals surface area contributed by atoms with E-state index in [9.17, 15) is 0 Å². The van der Waals surface area contributed by atoms with Crippen molar-refractivity contribution in [2.24, 2.45) is 0 Å². The van der Waals surface area contributed by atoms with Gasteiger partial charge < -0.3 is 15.5 Å². The van der Waals surface area contributed by atoms with Gasteiger partial charge in [-0.15, -0.1) is 0 Å². The Labute approximate surface area is 159 Å². The predicted octanol–water partition coefficient (Wildman–Crippen LogP) is 5.46. The minimum Gasteiger partial charge on any atom is -0.372 e. The van der Waals surface area contributed by atoms with Crippen molar-refractivity contribution in [2.75, 3.05) is 28.6 Å². The molecular formula is C20H22ClN5. The fourth-order valence-corrected chi connectivity index (χ4v) is 2.85. The summed E-state index contributed by atoms with van der Waals surface area (Å²) in [5.41, 5.74) is 2.95. The molecular weight excluding hydrogens is 346 g/mol. The lowest BCUT2D eigenvalue weighted by molar-refractivity contribution is 0.866. The number of anilines is 5. The summed E-state index contributed by atoms with van der Waals surface area (Å²) in [7, 11) is 0. The van der Waals surface area contributed by atoms with E-state index in [-0.39, 0.29) is 0 Å². The van der Waals surface area contributed by atoms with E-state index in [0.717, 1.165) is 24.5 Å². The van der Waals surface area contributed by atoms with Crippen molar-refractivity contribution in [3.8, 4) is 0 Å². The highest BCUT2D eigenvalue weighted by molar-refractivity contribution is 6.33. The Morgan fingerprint density at radius 1 is 0.923 bits per heavy atom. The van der Waals surface area contributed by atoms with Crippen LogP contribution in [0.5, 0.6) is 0 Å². The van der Waals surface area contributed by atoms with E-state index in [1.165, 1.54) is 5.69 Å². The van der Waals surface area contributed by atoms with E-state index in [0.29, 0.717) is 16.8 Å². The predicted molar refractivity (Wildman–Crippen MR) is 110 cm³/mol. The van der Waals surface area contributed by atoms with Crippen LogP contribution in [-0.2, 0) is 0 Å². The first kappa shape index (κ1) is 18.0. The summed E-state index contributed by atoms with van der Waals surface area (Å²) in [6.07, 6.45) is 1.71. The van der Waals surface area contributed by atoms with Crippen molar-refractivity contribution in [2.45, 2.75) is 13.8 Å². The van der Waals surface area contributed by atoms with Crippen molar-refractivity contribution in [1.82, 2.24) is 9.97 Å². The van der Waals surface area contributed by atoms with E-state index < -0.39 is 0 Å². The zero-order chi connectivity index (χ0) is 18.4. The number of halogens is 1. The lowest BCUT2D eigenvalue weighted by Gasteiger charge is -2.21. The van der Waals surface area contributed by atoms with Crippen molar-refractivity contribution >= 4 is 40.4 Å². The third kappa shape index (κ3) is 4.43. The van der Waals surface area contributed by atoms with Gasteiger partial charge in [0.1, 0.15) is 5.82 Å². The standard InChI is InChI=1S/C20H22ClN5/c1-3-26(4-2)16-11-9-15(10-12-16)23-20-22-14-13-19(25-20)24-18-8-6-5-7-17(18)21/h5-14H,3-4H2,1-2H3,(H2,22,23,24,25). The number of benzene rings is 2. The fraction of sp³-hybridized carbons (Fsp3) is 0.200. The number of aromatic nitrogens is 2. The quantitative estimate of drug-likeness (QED) is 0.580.